The van der Waals surface area contributed by atoms with Crippen molar-refractivity contribution in [1.82, 2.24) is 15.5 Å². The van der Waals surface area contributed by atoms with Crippen LogP contribution in [0.15, 0.2) is 41.9 Å². The van der Waals surface area contributed by atoms with Crippen molar-refractivity contribution in [2.24, 2.45) is 4.99 Å². The molecule has 7 heteroatoms. The second kappa shape index (κ2) is 12.5. The zero-order valence-corrected chi connectivity index (χ0v) is 18.4. The highest BCUT2D eigenvalue weighted by Crippen LogP contribution is 2.22. The molecule has 2 rings (SSSR count). The Labute approximate surface area is 178 Å². The molecular formula is C19H30ClIN4O. The van der Waals surface area contributed by atoms with E-state index in [0.29, 0.717) is 16.6 Å². The number of hydrogen-bond acceptors (Lipinski definition) is 3. The summed E-state index contributed by atoms with van der Waals surface area (Å²) in [6, 6.07) is 7.74. The van der Waals surface area contributed by atoms with E-state index in [1.54, 1.807) is 6.07 Å². The molecule has 1 fully saturated rings. The third-order valence-corrected chi connectivity index (χ3v) is 4.69. The van der Waals surface area contributed by atoms with Crippen molar-refractivity contribution in [2.45, 2.75) is 31.9 Å². The molecular weight excluding hydrogens is 463 g/mol. The Balaban J connectivity index is 0.00000338. The topological polar surface area (TPSA) is 59.9 Å². The normalized spacial score (nSPS) is 17.3. The Hall–Kier alpha value is -0.830. The van der Waals surface area contributed by atoms with Crippen LogP contribution in [0.3, 0.4) is 0 Å². The quantitative estimate of drug-likeness (QED) is 0.237. The Bertz CT molecular complexity index is 576. The largest absolute Gasteiger partial charge is 0.386 e. The SMILES string of the molecule is C=CCN1CCC(NC(=NCC(O)c2ccccc2Cl)NCC)CC1.I. The number of aliphatic hydroxyl groups excluding tert-OH is 1. The number of nitrogens with zero attached hydrogens (tertiary/aromatic N) is 2. The number of hydrogen-bond donors (Lipinski definition) is 3. The second-order valence-electron chi connectivity index (χ2n) is 6.26. The van der Waals surface area contributed by atoms with Gasteiger partial charge < -0.3 is 15.7 Å². The fourth-order valence-electron chi connectivity index (χ4n) is 2.98. The summed E-state index contributed by atoms with van der Waals surface area (Å²) in [6.45, 7) is 9.96. The molecule has 1 aliphatic heterocycles. The summed E-state index contributed by atoms with van der Waals surface area (Å²) < 4.78 is 0. The van der Waals surface area contributed by atoms with Crippen LogP contribution in [-0.4, -0.2) is 54.7 Å². The number of rotatable bonds is 7. The third kappa shape index (κ3) is 7.42. The van der Waals surface area contributed by atoms with Crippen LogP contribution in [0, 0.1) is 0 Å². The van der Waals surface area contributed by atoms with Gasteiger partial charge in [-0.25, -0.2) is 0 Å². The summed E-state index contributed by atoms with van der Waals surface area (Å²) in [5.41, 5.74) is 0.710. The van der Waals surface area contributed by atoms with Crippen molar-refractivity contribution < 1.29 is 5.11 Å². The lowest BCUT2D eigenvalue weighted by Crippen LogP contribution is -2.48. The first kappa shape index (κ1) is 23.2. The van der Waals surface area contributed by atoms with Crippen LogP contribution in [0.25, 0.3) is 0 Å². The molecule has 3 N–H and O–H groups in total. The minimum Gasteiger partial charge on any atom is -0.386 e. The average molecular weight is 493 g/mol. The van der Waals surface area contributed by atoms with E-state index in [4.69, 9.17) is 11.6 Å². The number of halogens is 2. The number of aliphatic hydroxyl groups is 1. The van der Waals surface area contributed by atoms with Crippen LogP contribution in [0.1, 0.15) is 31.4 Å². The molecule has 1 atom stereocenters. The standard InChI is InChI=1S/C19H29ClN4O.HI/c1-3-11-24-12-9-15(10-13-24)23-19(21-4-2)22-14-18(25)16-7-5-6-8-17(16)20;/h3,5-8,15,18,25H,1,4,9-14H2,2H3,(H2,21,22,23);1H. The van der Waals surface area contributed by atoms with E-state index in [-0.39, 0.29) is 30.5 Å². The van der Waals surface area contributed by atoms with Gasteiger partial charge in [-0.2, -0.15) is 0 Å². The summed E-state index contributed by atoms with van der Waals surface area (Å²) >= 11 is 6.14. The van der Waals surface area contributed by atoms with E-state index in [9.17, 15) is 5.11 Å². The van der Waals surface area contributed by atoms with E-state index in [1.807, 2.05) is 31.2 Å². The molecule has 0 spiro atoms. The maximum absolute atomic E-state index is 10.4. The number of aliphatic imine (C=N–C) groups is 1. The van der Waals surface area contributed by atoms with Crippen LogP contribution < -0.4 is 10.6 Å². The maximum Gasteiger partial charge on any atom is 0.191 e. The average Bonchev–Trinajstić information content (AvgIpc) is 2.62. The van der Waals surface area contributed by atoms with Gasteiger partial charge in [0.15, 0.2) is 5.96 Å². The number of likely N-dealkylation sites (tertiary alicyclic amines) is 1. The molecule has 1 aromatic carbocycles. The summed E-state index contributed by atoms with van der Waals surface area (Å²) in [7, 11) is 0. The number of benzene rings is 1. The van der Waals surface area contributed by atoms with E-state index < -0.39 is 6.10 Å². The van der Waals surface area contributed by atoms with Crippen LogP contribution in [-0.2, 0) is 0 Å². The van der Waals surface area contributed by atoms with E-state index >= 15 is 0 Å². The van der Waals surface area contributed by atoms with Crippen molar-refractivity contribution in [1.29, 1.82) is 0 Å². The summed E-state index contributed by atoms with van der Waals surface area (Å²) in [6.07, 6.45) is 3.39. The lowest BCUT2D eigenvalue weighted by molar-refractivity contribution is 0.187. The Morgan fingerprint density at radius 2 is 2.12 bits per heavy atom. The molecule has 26 heavy (non-hydrogen) atoms. The first-order valence-electron chi connectivity index (χ1n) is 8.94. The van der Waals surface area contributed by atoms with Gasteiger partial charge in [0.25, 0.3) is 0 Å². The number of nitrogens with one attached hydrogen (secondary N) is 2. The van der Waals surface area contributed by atoms with Crippen molar-refractivity contribution in [3.8, 4) is 0 Å². The highest BCUT2D eigenvalue weighted by atomic mass is 127. The molecule has 0 aliphatic carbocycles. The highest BCUT2D eigenvalue weighted by Gasteiger charge is 2.19. The lowest BCUT2D eigenvalue weighted by atomic mass is 10.1. The van der Waals surface area contributed by atoms with Crippen molar-refractivity contribution in [2.75, 3.05) is 32.7 Å². The van der Waals surface area contributed by atoms with Gasteiger partial charge in [-0.1, -0.05) is 35.9 Å². The third-order valence-electron chi connectivity index (χ3n) is 4.35. The van der Waals surface area contributed by atoms with Gasteiger partial charge in [0.2, 0.25) is 0 Å². The molecule has 1 aliphatic rings. The maximum atomic E-state index is 10.4. The Morgan fingerprint density at radius 1 is 1.42 bits per heavy atom. The van der Waals surface area contributed by atoms with Crippen LogP contribution >= 0.6 is 35.6 Å². The minimum atomic E-state index is -0.710. The van der Waals surface area contributed by atoms with E-state index in [0.717, 1.165) is 45.0 Å². The van der Waals surface area contributed by atoms with Crippen LogP contribution in [0.2, 0.25) is 5.02 Å². The number of guanidine groups is 1. The van der Waals surface area contributed by atoms with Gasteiger partial charge in [0.05, 0.1) is 6.54 Å². The molecule has 146 valence electrons. The summed E-state index contributed by atoms with van der Waals surface area (Å²) in [5, 5.41) is 17.7. The van der Waals surface area contributed by atoms with E-state index in [2.05, 4.69) is 27.1 Å². The van der Waals surface area contributed by atoms with Gasteiger partial charge in [0.1, 0.15) is 6.10 Å². The van der Waals surface area contributed by atoms with Gasteiger partial charge in [-0.15, -0.1) is 30.6 Å². The van der Waals surface area contributed by atoms with Gasteiger partial charge in [-0.05, 0) is 25.8 Å². The van der Waals surface area contributed by atoms with Crippen LogP contribution in [0.4, 0.5) is 0 Å². The fourth-order valence-corrected chi connectivity index (χ4v) is 3.24. The Kier molecular flexibility index (Phi) is 11.2. The minimum absolute atomic E-state index is 0. The van der Waals surface area contributed by atoms with Gasteiger partial charge >= 0.3 is 0 Å². The molecule has 1 heterocycles. The van der Waals surface area contributed by atoms with Crippen molar-refractivity contribution in [3.63, 3.8) is 0 Å². The molecule has 0 saturated carbocycles. The first-order chi connectivity index (χ1) is 12.1. The molecule has 1 saturated heterocycles. The summed E-state index contributed by atoms with van der Waals surface area (Å²) in [4.78, 5) is 6.94. The predicted octanol–water partition coefficient (Wildman–Crippen LogP) is 3.20. The smallest absolute Gasteiger partial charge is 0.191 e. The summed E-state index contributed by atoms with van der Waals surface area (Å²) in [5.74, 6) is 0.746. The van der Waals surface area contributed by atoms with Gasteiger partial charge in [0, 0.05) is 42.8 Å². The predicted molar refractivity (Wildman–Crippen MR) is 121 cm³/mol. The second-order valence-corrected chi connectivity index (χ2v) is 6.67. The van der Waals surface area contributed by atoms with Crippen molar-refractivity contribution >= 4 is 41.5 Å². The number of piperidine rings is 1. The van der Waals surface area contributed by atoms with Crippen molar-refractivity contribution in [3.05, 3.63) is 47.5 Å². The fraction of sp³-hybridized carbons (Fsp3) is 0.526. The Morgan fingerprint density at radius 3 is 2.73 bits per heavy atom. The highest BCUT2D eigenvalue weighted by molar-refractivity contribution is 14.0. The molecule has 0 aromatic heterocycles. The molecule has 0 amide bonds. The molecule has 1 unspecified atom stereocenters. The van der Waals surface area contributed by atoms with E-state index in [1.165, 1.54) is 0 Å². The molecule has 0 bridgehead atoms. The molecule has 5 nitrogen and oxygen atoms in total. The monoisotopic (exact) mass is 492 g/mol. The molecule has 1 aromatic rings. The zero-order valence-electron chi connectivity index (χ0n) is 15.3. The zero-order chi connectivity index (χ0) is 18.1. The lowest BCUT2D eigenvalue weighted by Gasteiger charge is -2.32. The first-order valence-corrected chi connectivity index (χ1v) is 9.32. The molecule has 0 radical (unpaired) electrons. The van der Waals surface area contributed by atoms with Gasteiger partial charge in [-0.3, -0.25) is 9.89 Å². The van der Waals surface area contributed by atoms with Crippen LogP contribution in [0.5, 0.6) is 0 Å².